The van der Waals surface area contributed by atoms with Gasteiger partial charge in [-0.2, -0.15) is 10.1 Å². The van der Waals surface area contributed by atoms with Crippen molar-refractivity contribution in [2.45, 2.75) is 0 Å². The summed E-state index contributed by atoms with van der Waals surface area (Å²) in [7, 11) is 0. The highest BCUT2D eigenvalue weighted by atomic mass is 19.2. The van der Waals surface area contributed by atoms with Crippen molar-refractivity contribution >= 4 is 16.7 Å². The van der Waals surface area contributed by atoms with E-state index in [0.717, 1.165) is 17.0 Å². The lowest BCUT2D eigenvalue weighted by Gasteiger charge is -2.07. The number of benzene rings is 2. The van der Waals surface area contributed by atoms with Crippen LogP contribution in [0.15, 0.2) is 53.4 Å². The van der Waals surface area contributed by atoms with Crippen LogP contribution in [0.5, 0.6) is 0 Å². The number of aromatic amines is 1. The molecule has 128 valence electrons. The van der Waals surface area contributed by atoms with E-state index in [1.54, 1.807) is 16.8 Å². The Bertz CT molecular complexity index is 1280. The molecule has 0 amide bonds. The quantitative estimate of drug-likeness (QED) is 0.473. The number of imidazole rings is 1. The molecule has 0 saturated heterocycles. The minimum absolute atomic E-state index is 0.150. The van der Waals surface area contributed by atoms with Crippen LogP contribution in [0.25, 0.3) is 39.3 Å². The Labute approximate surface area is 143 Å². The van der Waals surface area contributed by atoms with E-state index in [1.165, 1.54) is 6.26 Å². The Morgan fingerprint density at radius 2 is 1.85 bits per heavy atom. The summed E-state index contributed by atoms with van der Waals surface area (Å²) in [6.07, 6.45) is 4.74. The average molecular weight is 354 g/mol. The number of rotatable bonds is 2. The van der Waals surface area contributed by atoms with Crippen LogP contribution < -0.4 is 0 Å². The van der Waals surface area contributed by atoms with Crippen LogP contribution in [-0.2, 0) is 0 Å². The number of hydrogen-bond donors (Lipinski definition) is 1. The van der Waals surface area contributed by atoms with Crippen molar-refractivity contribution < 1.29 is 17.6 Å². The van der Waals surface area contributed by atoms with Gasteiger partial charge in [-0.25, -0.2) is 13.2 Å². The van der Waals surface area contributed by atoms with Gasteiger partial charge in [-0.15, -0.1) is 0 Å². The average Bonchev–Trinajstić information content (AvgIpc) is 3.32. The molecule has 0 spiro atoms. The summed E-state index contributed by atoms with van der Waals surface area (Å²) < 4.78 is 48.3. The smallest absolute Gasteiger partial charge is 0.306 e. The second kappa shape index (κ2) is 5.22. The lowest BCUT2D eigenvalue weighted by atomic mass is 10.0. The molecular weight excluding hydrogens is 345 g/mol. The third kappa shape index (κ3) is 2.05. The largest absolute Gasteiger partial charge is 0.432 e. The first-order valence-electron chi connectivity index (χ1n) is 7.66. The number of nitrogens with zero attached hydrogens (tertiary/aromatic N) is 3. The van der Waals surface area contributed by atoms with E-state index in [2.05, 4.69) is 15.2 Å². The first-order valence-corrected chi connectivity index (χ1v) is 7.66. The molecule has 5 aromatic rings. The minimum Gasteiger partial charge on any atom is -0.432 e. The maximum atomic E-state index is 14.3. The van der Waals surface area contributed by atoms with Gasteiger partial charge in [0, 0.05) is 28.8 Å². The van der Waals surface area contributed by atoms with Crippen LogP contribution in [0, 0.1) is 17.5 Å². The van der Waals surface area contributed by atoms with Gasteiger partial charge in [0.25, 0.3) is 0 Å². The Hall–Kier alpha value is -3.55. The molecule has 3 heterocycles. The monoisotopic (exact) mass is 354 g/mol. The van der Waals surface area contributed by atoms with Gasteiger partial charge < -0.3 is 4.42 Å². The molecule has 2 aromatic carbocycles. The fraction of sp³-hybridized carbons (Fsp3) is 0. The van der Waals surface area contributed by atoms with Crippen molar-refractivity contribution in [3.8, 4) is 22.5 Å². The lowest BCUT2D eigenvalue weighted by molar-refractivity contribution is 0.496. The fourth-order valence-corrected chi connectivity index (χ4v) is 3.04. The van der Waals surface area contributed by atoms with Gasteiger partial charge in [0.15, 0.2) is 11.6 Å². The molecule has 8 heteroatoms. The second-order valence-electron chi connectivity index (χ2n) is 5.78. The molecule has 1 N–H and O–H groups in total. The van der Waals surface area contributed by atoms with Crippen molar-refractivity contribution in [3.63, 3.8) is 0 Å². The zero-order valence-electron chi connectivity index (χ0n) is 13.0. The van der Waals surface area contributed by atoms with Crippen LogP contribution in [0.3, 0.4) is 0 Å². The van der Waals surface area contributed by atoms with E-state index in [4.69, 9.17) is 4.42 Å². The summed E-state index contributed by atoms with van der Waals surface area (Å²) in [6, 6.07) is 6.78. The molecule has 5 rings (SSSR count). The lowest BCUT2D eigenvalue weighted by Crippen LogP contribution is -1.94. The fourth-order valence-electron chi connectivity index (χ4n) is 3.04. The van der Waals surface area contributed by atoms with Crippen LogP contribution in [0.2, 0.25) is 0 Å². The first-order chi connectivity index (χ1) is 12.6. The van der Waals surface area contributed by atoms with E-state index >= 15 is 0 Å². The predicted octanol–water partition coefficient (Wildman–Crippen LogP) is 4.55. The van der Waals surface area contributed by atoms with Gasteiger partial charge in [0.1, 0.15) is 17.8 Å². The summed E-state index contributed by atoms with van der Waals surface area (Å²) in [6.45, 7) is 0. The van der Waals surface area contributed by atoms with E-state index < -0.39 is 17.5 Å². The highest BCUT2D eigenvalue weighted by Gasteiger charge is 2.22. The SMILES string of the molecule is Fc1cc(F)c(-c2nc3occn3c2-c2ccc3cn[nH]c3c2)cc1F. The second-order valence-corrected chi connectivity index (χ2v) is 5.78. The topological polar surface area (TPSA) is 59.1 Å². The maximum absolute atomic E-state index is 14.3. The van der Waals surface area contributed by atoms with Gasteiger partial charge in [-0.1, -0.05) is 12.1 Å². The Balaban J connectivity index is 1.83. The number of oxazole rings is 1. The number of nitrogens with one attached hydrogen (secondary N) is 1. The van der Waals surface area contributed by atoms with Crippen LogP contribution >= 0.6 is 0 Å². The van der Waals surface area contributed by atoms with E-state index in [1.807, 2.05) is 18.2 Å². The number of hydrogen-bond acceptors (Lipinski definition) is 3. The zero-order valence-corrected chi connectivity index (χ0v) is 13.0. The molecule has 0 fully saturated rings. The van der Waals surface area contributed by atoms with Gasteiger partial charge in [0.2, 0.25) is 0 Å². The number of H-pyrrole nitrogens is 1. The van der Waals surface area contributed by atoms with Crippen molar-refractivity contribution in [3.05, 3.63) is 66.4 Å². The third-order valence-electron chi connectivity index (χ3n) is 4.24. The maximum Gasteiger partial charge on any atom is 0.306 e. The van der Waals surface area contributed by atoms with E-state index in [0.29, 0.717) is 17.3 Å². The van der Waals surface area contributed by atoms with E-state index in [-0.39, 0.29) is 17.1 Å². The summed E-state index contributed by atoms with van der Waals surface area (Å²) in [5.74, 6) is -3.10. The predicted molar refractivity (Wildman–Crippen MR) is 87.9 cm³/mol. The molecule has 0 atom stereocenters. The minimum atomic E-state index is -1.26. The molecule has 0 saturated carbocycles. The van der Waals surface area contributed by atoms with Crippen LogP contribution in [-0.4, -0.2) is 19.6 Å². The van der Waals surface area contributed by atoms with Crippen molar-refractivity contribution in [1.82, 2.24) is 19.6 Å². The Kier molecular flexibility index (Phi) is 2.96. The zero-order chi connectivity index (χ0) is 17.8. The Morgan fingerprint density at radius 1 is 1.00 bits per heavy atom. The molecule has 0 aliphatic carbocycles. The summed E-state index contributed by atoms with van der Waals surface area (Å²) in [5, 5.41) is 7.74. The molecule has 0 aliphatic rings. The summed E-state index contributed by atoms with van der Waals surface area (Å²) >= 11 is 0. The Morgan fingerprint density at radius 3 is 2.73 bits per heavy atom. The van der Waals surface area contributed by atoms with Gasteiger partial charge in [0.05, 0.1) is 17.4 Å². The molecular formula is C18H9F3N4O. The molecule has 0 bridgehead atoms. The van der Waals surface area contributed by atoms with Gasteiger partial charge >= 0.3 is 5.84 Å². The van der Waals surface area contributed by atoms with Gasteiger partial charge in [-0.05, 0) is 12.1 Å². The summed E-state index contributed by atoms with van der Waals surface area (Å²) in [4.78, 5) is 4.26. The number of halogens is 3. The first kappa shape index (κ1) is 14.8. The molecule has 3 aromatic heterocycles. The van der Waals surface area contributed by atoms with Crippen LogP contribution in [0.4, 0.5) is 13.2 Å². The van der Waals surface area contributed by atoms with Crippen LogP contribution in [0.1, 0.15) is 0 Å². The third-order valence-corrected chi connectivity index (χ3v) is 4.24. The molecule has 0 aliphatic heterocycles. The molecule has 5 nitrogen and oxygen atoms in total. The standard InChI is InChI=1S/C18H9F3N4O/c19-12-7-14(21)13(20)6-11(12)16-17(25-3-4-26-18(25)23-16)9-1-2-10-8-22-24-15(10)5-9/h1-8H,(H,22,24). The highest BCUT2D eigenvalue weighted by Crippen LogP contribution is 2.36. The number of aromatic nitrogens is 4. The highest BCUT2D eigenvalue weighted by molar-refractivity contribution is 5.88. The van der Waals surface area contributed by atoms with Crippen molar-refractivity contribution in [2.75, 3.05) is 0 Å². The molecule has 0 radical (unpaired) electrons. The van der Waals surface area contributed by atoms with Gasteiger partial charge in [-0.3, -0.25) is 9.50 Å². The van der Waals surface area contributed by atoms with E-state index in [9.17, 15) is 13.2 Å². The normalized spacial score (nSPS) is 11.7. The summed E-state index contributed by atoms with van der Waals surface area (Å²) in [5.41, 5.74) is 1.96. The number of fused-ring (bicyclic) bond motifs is 2. The molecule has 26 heavy (non-hydrogen) atoms. The van der Waals surface area contributed by atoms with Crippen molar-refractivity contribution in [1.29, 1.82) is 0 Å². The van der Waals surface area contributed by atoms with Crippen molar-refractivity contribution in [2.24, 2.45) is 0 Å². The molecule has 0 unspecified atom stereocenters.